The zero-order chi connectivity index (χ0) is 13.9. The van der Waals surface area contributed by atoms with Gasteiger partial charge < -0.3 is 5.73 Å². The molecule has 0 radical (unpaired) electrons. The summed E-state index contributed by atoms with van der Waals surface area (Å²) in [6.07, 6.45) is 0.891. The summed E-state index contributed by atoms with van der Waals surface area (Å²) < 4.78 is 0. The molecule has 0 saturated heterocycles. The topological polar surface area (TPSA) is 38.9 Å². The second-order valence-electron chi connectivity index (χ2n) is 4.77. The van der Waals surface area contributed by atoms with Crippen LogP contribution in [0.3, 0.4) is 0 Å². The van der Waals surface area contributed by atoms with E-state index in [9.17, 15) is 0 Å². The quantitative estimate of drug-likeness (QED) is 0.824. The molecule has 0 aliphatic heterocycles. The van der Waals surface area contributed by atoms with Crippen molar-refractivity contribution in [1.29, 1.82) is 0 Å². The van der Waals surface area contributed by atoms with Gasteiger partial charge in [0, 0.05) is 15.8 Å². The fourth-order valence-electron chi connectivity index (χ4n) is 1.71. The van der Waals surface area contributed by atoms with Crippen molar-refractivity contribution < 1.29 is 0 Å². The lowest BCUT2D eigenvalue weighted by atomic mass is 9.97. The normalized spacial score (nSPS) is 14.3. The molecule has 2 N–H and O–H groups in total. The van der Waals surface area contributed by atoms with Gasteiger partial charge in [-0.1, -0.05) is 26.0 Å². The van der Waals surface area contributed by atoms with E-state index in [1.807, 2.05) is 18.7 Å². The van der Waals surface area contributed by atoms with Gasteiger partial charge in [0.25, 0.3) is 0 Å². The van der Waals surface area contributed by atoms with Crippen LogP contribution in [-0.2, 0) is 5.54 Å². The number of nitrogens with zero attached hydrogens (tertiary/aromatic N) is 1. The van der Waals surface area contributed by atoms with Crippen LogP contribution >= 0.6 is 23.1 Å². The molecule has 0 saturated carbocycles. The molecular formula is C15H20N2S2. The number of hydrogen-bond donors (Lipinski definition) is 1. The van der Waals surface area contributed by atoms with E-state index >= 15 is 0 Å². The minimum Gasteiger partial charge on any atom is -0.320 e. The molecule has 1 unspecified atom stereocenters. The van der Waals surface area contributed by atoms with Crippen LogP contribution in [0.4, 0.5) is 0 Å². The average molecular weight is 292 g/mol. The smallest absolute Gasteiger partial charge is 0.123 e. The molecule has 2 aromatic rings. The lowest BCUT2D eigenvalue weighted by molar-refractivity contribution is 0.465. The van der Waals surface area contributed by atoms with Crippen molar-refractivity contribution in [3.05, 3.63) is 35.3 Å². The SMILES string of the molecule is CCSc1ccc(-c2nc(C(C)(N)CC)cs2)cc1. The van der Waals surface area contributed by atoms with Gasteiger partial charge in [-0.3, -0.25) is 0 Å². The molecule has 0 fully saturated rings. The van der Waals surface area contributed by atoms with E-state index in [4.69, 9.17) is 5.73 Å². The van der Waals surface area contributed by atoms with Crippen molar-refractivity contribution in [2.24, 2.45) is 5.73 Å². The Morgan fingerprint density at radius 3 is 2.53 bits per heavy atom. The molecule has 0 amide bonds. The Balaban J connectivity index is 2.23. The van der Waals surface area contributed by atoms with Gasteiger partial charge in [0.05, 0.1) is 11.2 Å². The third kappa shape index (κ3) is 3.38. The molecular weight excluding hydrogens is 272 g/mol. The number of aromatic nitrogens is 1. The first-order valence-electron chi connectivity index (χ1n) is 6.55. The summed E-state index contributed by atoms with van der Waals surface area (Å²) in [5, 5.41) is 3.13. The van der Waals surface area contributed by atoms with Crippen LogP contribution < -0.4 is 5.73 Å². The predicted molar refractivity (Wildman–Crippen MR) is 85.8 cm³/mol. The standard InChI is InChI=1S/C15H20N2S2/c1-4-15(3,16)13-10-19-14(17-13)11-6-8-12(9-7-11)18-5-2/h6-10H,4-5,16H2,1-3H3. The van der Waals surface area contributed by atoms with Crippen molar-refractivity contribution in [2.45, 2.75) is 37.6 Å². The third-order valence-corrected chi connectivity index (χ3v) is 5.02. The molecule has 4 heteroatoms. The van der Waals surface area contributed by atoms with Crippen molar-refractivity contribution in [3.8, 4) is 10.6 Å². The number of nitrogens with two attached hydrogens (primary N) is 1. The fraction of sp³-hybridized carbons (Fsp3) is 0.400. The first-order valence-corrected chi connectivity index (χ1v) is 8.41. The van der Waals surface area contributed by atoms with Crippen LogP contribution in [0.1, 0.15) is 32.9 Å². The minimum absolute atomic E-state index is 0.327. The molecule has 102 valence electrons. The highest BCUT2D eigenvalue weighted by Crippen LogP contribution is 2.30. The van der Waals surface area contributed by atoms with Gasteiger partial charge in [0.15, 0.2) is 0 Å². The maximum Gasteiger partial charge on any atom is 0.123 e. The minimum atomic E-state index is -0.327. The summed E-state index contributed by atoms with van der Waals surface area (Å²) in [5.41, 5.74) is 8.06. The fourth-order valence-corrected chi connectivity index (χ4v) is 3.34. The van der Waals surface area contributed by atoms with Crippen LogP contribution in [0, 0.1) is 0 Å². The second kappa shape index (κ2) is 6.07. The Hall–Kier alpha value is -0.840. The van der Waals surface area contributed by atoms with E-state index in [-0.39, 0.29) is 5.54 Å². The second-order valence-corrected chi connectivity index (χ2v) is 6.96. The van der Waals surface area contributed by atoms with Gasteiger partial charge in [-0.25, -0.2) is 4.98 Å². The molecule has 2 rings (SSSR count). The Bertz CT molecular complexity index is 529. The summed E-state index contributed by atoms with van der Waals surface area (Å²) in [4.78, 5) is 5.99. The molecule has 1 atom stereocenters. The first-order chi connectivity index (χ1) is 9.06. The highest BCUT2D eigenvalue weighted by atomic mass is 32.2. The molecule has 0 aliphatic carbocycles. The molecule has 19 heavy (non-hydrogen) atoms. The summed E-state index contributed by atoms with van der Waals surface area (Å²) in [7, 11) is 0. The van der Waals surface area contributed by atoms with Crippen LogP contribution in [0.2, 0.25) is 0 Å². The summed E-state index contributed by atoms with van der Waals surface area (Å²) >= 11 is 3.52. The summed E-state index contributed by atoms with van der Waals surface area (Å²) in [6.45, 7) is 6.29. The Labute approximate surface area is 123 Å². The molecule has 0 aliphatic rings. The van der Waals surface area contributed by atoms with Gasteiger partial charge >= 0.3 is 0 Å². The molecule has 1 heterocycles. The monoisotopic (exact) mass is 292 g/mol. The highest BCUT2D eigenvalue weighted by molar-refractivity contribution is 7.99. The number of hydrogen-bond acceptors (Lipinski definition) is 4. The number of benzene rings is 1. The maximum atomic E-state index is 6.23. The molecule has 1 aromatic heterocycles. The highest BCUT2D eigenvalue weighted by Gasteiger charge is 2.22. The largest absolute Gasteiger partial charge is 0.320 e. The number of thiazole rings is 1. The van der Waals surface area contributed by atoms with Crippen LogP contribution in [0.25, 0.3) is 10.6 Å². The van der Waals surface area contributed by atoms with Gasteiger partial charge in [-0.05, 0) is 31.2 Å². The average Bonchev–Trinajstić information content (AvgIpc) is 2.90. The maximum absolute atomic E-state index is 6.23. The van der Waals surface area contributed by atoms with Crippen LogP contribution in [0.5, 0.6) is 0 Å². The van der Waals surface area contributed by atoms with Gasteiger partial charge in [-0.2, -0.15) is 0 Å². The van der Waals surface area contributed by atoms with Gasteiger partial charge in [0.1, 0.15) is 5.01 Å². The molecule has 2 nitrogen and oxygen atoms in total. The van der Waals surface area contributed by atoms with E-state index in [0.29, 0.717) is 0 Å². The first kappa shape index (κ1) is 14.6. The summed E-state index contributed by atoms with van der Waals surface area (Å²) in [5.74, 6) is 1.10. The van der Waals surface area contributed by atoms with E-state index in [1.54, 1.807) is 11.3 Å². The Morgan fingerprint density at radius 2 is 1.95 bits per heavy atom. The van der Waals surface area contributed by atoms with Crippen molar-refractivity contribution in [2.75, 3.05) is 5.75 Å². The molecule has 1 aromatic carbocycles. The third-order valence-electron chi connectivity index (χ3n) is 3.24. The van der Waals surface area contributed by atoms with Crippen molar-refractivity contribution in [3.63, 3.8) is 0 Å². The predicted octanol–water partition coefficient (Wildman–Crippen LogP) is 4.51. The Kier molecular flexibility index (Phi) is 4.66. The van der Waals surface area contributed by atoms with E-state index in [2.05, 4.69) is 48.5 Å². The summed E-state index contributed by atoms with van der Waals surface area (Å²) in [6, 6.07) is 8.60. The van der Waals surface area contributed by atoms with E-state index < -0.39 is 0 Å². The number of thioether (sulfide) groups is 1. The lowest BCUT2D eigenvalue weighted by Gasteiger charge is -2.19. The zero-order valence-corrected chi connectivity index (χ0v) is 13.3. The van der Waals surface area contributed by atoms with E-state index in [0.717, 1.165) is 22.9 Å². The van der Waals surface area contributed by atoms with Crippen molar-refractivity contribution in [1.82, 2.24) is 4.98 Å². The Morgan fingerprint density at radius 1 is 1.26 bits per heavy atom. The van der Waals surface area contributed by atoms with Crippen LogP contribution in [-0.4, -0.2) is 10.7 Å². The van der Waals surface area contributed by atoms with Crippen molar-refractivity contribution >= 4 is 23.1 Å². The van der Waals surface area contributed by atoms with Gasteiger partial charge in [0.2, 0.25) is 0 Å². The number of rotatable bonds is 5. The van der Waals surface area contributed by atoms with Gasteiger partial charge in [-0.15, -0.1) is 23.1 Å². The van der Waals surface area contributed by atoms with E-state index in [1.165, 1.54) is 10.5 Å². The molecule has 0 spiro atoms. The van der Waals surface area contributed by atoms with Crippen LogP contribution in [0.15, 0.2) is 34.5 Å². The molecule has 0 bridgehead atoms. The zero-order valence-electron chi connectivity index (χ0n) is 11.6. The lowest BCUT2D eigenvalue weighted by Crippen LogP contribution is -2.32.